The molecule has 1 saturated carbocycles. The van der Waals surface area contributed by atoms with E-state index in [1.807, 2.05) is 4.90 Å². The average Bonchev–Trinajstić information content (AvgIpc) is 3.11. The van der Waals surface area contributed by atoms with Gasteiger partial charge in [-0.3, -0.25) is 4.79 Å². The van der Waals surface area contributed by atoms with Crippen LogP contribution >= 0.6 is 0 Å². The van der Waals surface area contributed by atoms with E-state index in [2.05, 4.69) is 10.6 Å². The molecule has 3 amide bonds. The molecule has 140 valence electrons. The fourth-order valence-corrected chi connectivity index (χ4v) is 4.21. The lowest BCUT2D eigenvalue weighted by Crippen LogP contribution is -2.41. The summed E-state index contributed by atoms with van der Waals surface area (Å²) >= 11 is 0. The molecule has 3 fully saturated rings. The van der Waals surface area contributed by atoms with Crippen LogP contribution in [0.3, 0.4) is 0 Å². The first kappa shape index (κ1) is 17.3. The van der Waals surface area contributed by atoms with E-state index in [9.17, 15) is 14.0 Å². The zero-order valence-electron chi connectivity index (χ0n) is 14.7. The summed E-state index contributed by atoms with van der Waals surface area (Å²) in [5.41, 5.74) is 0.718. The number of carbonyl (C=O) groups excluding carboxylic acids is 2. The van der Waals surface area contributed by atoms with E-state index in [1.54, 1.807) is 0 Å². The molecule has 0 aromatic heterocycles. The van der Waals surface area contributed by atoms with Gasteiger partial charge in [0.15, 0.2) is 0 Å². The Kier molecular flexibility index (Phi) is 4.56. The number of nitrogens with one attached hydrogen (secondary N) is 2. The number of hydrogen-bond donors (Lipinski definition) is 2. The maximum Gasteiger partial charge on any atom is 0.319 e. The van der Waals surface area contributed by atoms with Gasteiger partial charge in [0, 0.05) is 44.0 Å². The molecule has 2 atom stereocenters. The van der Waals surface area contributed by atoms with E-state index in [-0.39, 0.29) is 35.1 Å². The van der Waals surface area contributed by atoms with E-state index in [0.717, 1.165) is 38.9 Å². The van der Waals surface area contributed by atoms with Gasteiger partial charge in [-0.05, 0) is 55.4 Å². The predicted molar refractivity (Wildman–Crippen MR) is 94.1 cm³/mol. The fourth-order valence-electron chi connectivity index (χ4n) is 4.21. The highest BCUT2D eigenvalue weighted by Gasteiger charge is 2.59. The molecule has 3 aliphatic rings. The summed E-state index contributed by atoms with van der Waals surface area (Å²) in [6.45, 7) is 2.76. The molecule has 7 heteroatoms. The number of rotatable bonds is 3. The number of urea groups is 1. The predicted octanol–water partition coefficient (Wildman–Crippen LogP) is 2.36. The van der Waals surface area contributed by atoms with Crippen molar-refractivity contribution in [2.75, 3.05) is 31.6 Å². The van der Waals surface area contributed by atoms with Crippen molar-refractivity contribution in [3.63, 3.8) is 0 Å². The lowest BCUT2D eigenvalue weighted by Gasteiger charge is -2.24. The summed E-state index contributed by atoms with van der Waals surface area (Å²) < 4.78 is 18.3. The van der Waals surface area contributed by atoms with Gasteiger partial charge >= 0.3 is 6.03 Å². The summed E-state index contributed by atoms with van der Waals surface area (Å²) in [5, 5.41) is 5.59. The van der Waals surface area contributed by atoms with Crippen molar-refractivity contribution < 1.29 is 18.7 Å². The normalized spacial score (nSPS) is 26.6. The van der Waals surface area contributed by atoms with Gasteiger partial charge in [0.25, 0.3) is 0 Å². The number of likely N-dealkylation sites (tertiary alicyclic amines) is 1. The fraction of sp³-hybridized carbons (Fsp3) is 0.579. The van der Waals surface area contributed by atoms with E-state index >= 15 is 0 Å². The summed E-state index contributed by atoms with van der Waals surface area (Å²) in [6, 6.07) is 5.24. The quantitative estimate of drug-likeness (QED) is 0.868. The van der Waals surface area contributed by atoms with E-state index in [4.69, 9.17) is 4.74 Å². The van der Waals surface area contributed by atoms with Gasteiger partial charge in [0.2, 0.25) is 5.91 Å². The standard InChI is InChI=1S/C19H24FN3O3/c20-13-1-3-14(4-2-13)21-18(25)22-15-5-8-23(12-15)17(24)16-11-19(16)6-9-26-10-7-19/h1-4,15-16H,5-12H2,(H2,21,22,25)/t15-,16-/m1/s1. The zero-order chi connectivity index (χ0) is 18.1. The number of nitrogens with zero attached hydrogens (tertiary/aromatic N) is 1. The lowest BCUT2D eigenvalue weighted by molar-refractivity contribution is -0.133. The van der Waals surface area contributed by atoms with Gasteiger partial charge in [-0.25, -0.2) is 9.18 Å². The Morgan fingerprint density at radius 3 is 2.65 bits per heavy atom. The molecule has 1 aromatic carbocycles. The van der Waals surface area contributed by atoms with Crippen LogP contribution in [-0.4, -0.2) is 49.2 Å². The first-order chi connectivity index (χ1) is 12.6. The monoisotopic (exact) mass is 361 g/mol. The van der Waals surface area contributed by atoms with Gasteiger partial charge in [0.1, 0.15) is 5.82 Å². The number of ether oxygens (including phenoxy) is 1. The average molecular weight is 361 g/mol. The number of hydrogen-bond acceptors (Lipinski definition) is 3. The number of halogens is 1. The summed E-state index contributed by atoms with van der Waals surface area (Å²) in [6.07, 6.45) is 3.71. The topological polar surface area (TPSA) is 70.7 Å². The van der Waals surface area contributed by atoms with Gasteiger partial charge in [-0.1, -0.05) is 0 Å². The lowest BCUT2D eigenvalue weighted by atomic mass is 9.93. The van der Waals surface area contributed by atoms with Crippen LogP contribution in [0.15, 0.2) is 24.3 Å². The molecule has 2 heterocycles. The summed E-state index contributed by atoms with van der Waals surface area (Å²) in [5.74, 6) is 0.0246. The number of anilines is 1. The number of amides is 3. The second-order valence-corrected chi connectivity index (χ2v) is 7.61. The Hall–Kier alpha value is -2.15. The molecule has 0 bridgehead atoms. The highest BCUT2D eigenvalue weighted by molar-refractivity contribution is 5.89. The van der Waals surface area contributed by atoms with Crippen LogP contribution in [0.2, 0.25) is 0 Å². The first-order valence-electron chi connectivity index (χ1n) is 9.25. The van der Waals surface area contributed by atoms with Crippen LogP contribution in [0.25, 0.3) is 0 Å². The molecule has 0 radical (unpaired) electrons. The first-order valence-corrected chi connectivity index (χ1v) is 9.25. The Morgan fingerprint density at radius 1 is 1.19 bits per heavy atom. The van der Waals surface area contributed by atoms with Crippen molar-refractivity contribution in [1.82, 2.24) is 10.2 Å². The molecular formula is C19H24FN3O3. The minimum Gasteiger partial charge on any atom is -0.381 e. The Morgan fingerprint density at radius 2 is 1.92 bits per heavy atom. The van der Waals surface area contributed by atoms with Crippen LogP contribution < -0.4 is 10.6 Å². The third-order valence-corrected chi connectivity index (χ3v) is 5.91. The van der Waals surface area contributed by atoms with Crippen LogP contribution in [0.5, 0.6) is 0 Å². The minimum atomic E-state index is -0.344. The molecule has 6 nitrogen and oxygen atoms in total. The van der Waals surface area contributed by atoms with Gasteiger partial charge < -0.3 is 20.3 Å². The Bertz CT molecular complexity index is 688. The smallest absolute Gasteiger partial charge is 0.319 e. The van der Waals surface area contributed by atoms with Crippen molar-refractivity contribution in [2.24, 2.45) is 11.3 Å². The third kappa shape index (κ3) is 3.53. The van der Waals surface area contributed by atoms with Gasteiger partial charge in [-0.15, -0.1) is 0 Å². The van der Waals surface area contributed by atoms with Crippen molar-refractivity contribution in [3.8, 4) is 0 Å². The molecule has 2 saturated heterocycles. The molecule has 1 aliphatic carbocycles. The van der Waals surface area contributed by atoms with Crippen LogP contribution in [-0.2, 0) is 9.53 Å². The number of carbonyl (C=O) groups is 2. The maximum absolute atomic E-state index is 12.9. The molecule has 4 rings (SSSR count). The molecule has 26 heavy (non-hydrogen) atoms. The SMILES string of the molecule is O=C(Nc1ccc(F)cc1)N[C@@H]1CCN(C(=O)[C@H]2CC23CCOCC3)C1. The van der Waals surface area contributed by atoms with Crippen molar-refractivity contribution in [3.05, 3.63) is 30.1 Å². The van der Waals surface area contributed by atoms with Crippen molar-refractivity contribution in [2.45, 2.75) is 31.7 Å². The van der Waals surface area contributed by atoms with E-state index in [0.29, 0.717) is 18.8 Å². The largest absolute Gasteiger partial charge is 0.381 e. The van der Waals surface area contributed by atoms with Crippen molar-refractivity contribution >= 4 is 17.6 Å². The molecular weight excluding hydrogens is 337 g/mol. The van der Waals surface area contributed by atoms with E-state index in [1.165, 1.54) is 24.3 Å². The van der Waals surface area contributed by atoms with Gasteiger partial charge in [-0.2, -0.15) is 0 Å². The highest BCUT2D eigenvalue weighted by atomic mass is 19.1. The van der Waals surface area contributed by atoms with E-state index < -0.39 is 0 Å². The highest BCUT2D eigenvalue weighted by Crippen LogP contribution is 2.59. The molecule has 1 aromatic rings. The Balaban J connectivity index is 1.25. The molecule has 1 spiro atoms. The van der Waals surface area contributed by atoms with Crippen LogP contribution in [0.4, 0.5) is 14.9 Å². The second kappa shape index (κ2) is 6.87. The Labute approximate surface area is 152 Å². The minimum absolute atomic E-state index is 0.0520. The van der Waals surface area contributed by atoms with Crippen LogP contribution in [0, 0.1) is 17.2 Å². The maximum atomic E-state index is 12.9. The van der Waals surface area contributed by atoms with Crippen LogP contribution in [0.1, 0.15) is 25.7 Å². The van der Waals surface area contributed by atoms with Gasteiger partial charge in [0.05, 0.1) is 0 Å². The summed E-state index contributed by atoms with van der Waals surface area (Å²) in [7, 11) is 0. The summed E-state index contributed by atoms with van der Waals surface area (Å²) in [4.78, 5) is 26.7. The number of benzene rings is 1. The second-order valence-electron chi connectivity index (χ2n) is 7.61. The van der Waals surface area contributed by atoms with Crippen molar-refractivity contribution in [1.29, 1.82) is 0 Å². The molecule has 2 N–H and O–H groups in total. The molecule has 0 unspecified atom stereocenters. The zero-order valence-corrected chi connectivity index (χ0v) is 14.7. The third-order valence-electron chi connectivity index (χ3n) is 5.91. The molecule has 2 aliphatic heterocycles.